The molecule has 0 aliphatic carbocycles. The zero-order valence-corrected chi connectivity index (χ0v) is 12.8. The number of pyridine rings is 1. The number of hydrogen-bond donors (Lipinski definition) is 1. The molecule has 1 atom stereocenters. The van der Waals surface area contributed by atoms with Crippen molar-refractivity contribution < 1.29 is 14.3 Å². The van der Waals surface area contributed by atoms with Gasteiger partial charge in [0, 0.05) is 11.8 Å². The van der Waals surface area contributed by atoms with Crippen LogP contribution in [-0.2, 0) is 14.3 Å². The van der Waals surface area contributed by atoms with Gasteiger partial charge in [-0.05, 0) is 19.9 Å². The van der Waals surface area contributed by atoms with Gasteiger partial charge in [0.2, 0.25) is 5.88 Å². The summed E-state index contributed by atoms with van der Waals surface area (Å²) in [6.45, 7) is 3.48. The Morgan fingerprint density at radius 2 is 2.36 bits per heavy atom. The van der Waals surface area contributed by atoms with E-state index in [-0.39, 0.29) is 34.5 Å². The number of carbonyl (C=O) groups excluding carboxylic acids is 1. The van der Waals surface area contributed by atoms with Crippen LogP contribution in [-0.4, -0.2) is 17.6 Å². The standard InChI is InChI=1S/C15H14ClN3O3/c1-3-21-15(20)11-8(2)22-14(18)10(7-17)12(11)9-5-4-6-19-13(9)16/h4-6,12H,3,18H2,1-2H3. The van der Waals surface area contributed by atoms with Gasteiger partial charge in [-0.2, -0.15) is 5.26 Å². The van der Waals surface area contributed by atoms with Crippen molar-refractivity contribution in [2.75, 3.05) is 6.61 Å². The molecule has 1 aromatic rings. The quantitative estimate of drug-likeness (QED) is 0.678. The molecule has 6 nitrogen and oxygen atoms in total. The van der Waals surface area contributed by atoms with Crippen LogP contribution < -0.4 is 5.73 Å². The summed E-state index contributed by atoms with van der Waals surface area (Å²) < 4.78 is 10.4. The topological polar surface area (TPSA) is 98.2 Å². The number of ether oxygens (including phenoxy) is 2. The van der Waals surface area contributed by atoms with Gasteiger partial charge in [0.05, 0.1) is 18.1 Å². The lowest BCUT2D eigenvalue weighted by molar-refractivity contribution is -0.139. The molecular weight excluding hydrogens is 306 g/mol. The van der Waals surface area contributed by atoms with E-state index in [0.29, 0.717) is 5.56 Å². The van der Waals surface area contributed by atoms with Crippen LogP contribution in [0.4, 0.5) is 0 Å². The molecule has 0 bridgehead atoms. The lowest BCUT2D eigenvalue weighted by atomic mass is 9.84. The largest absolute Gasteiger partial charge is 0.463 e. The Morgan fingerprint density at radius 3 is 2.95 bits per heavy atom. The van der Waals surface area contributed by atoms with E-state index < -0.39 is 11.9 Å². The second-order valence-corrected chi connectivity index (χ2v) is 4.86. The molecule has 1 aromatic heterocycles. The molecule has 1 aliphatic heterocycles. The third-order valence-corrected chi connectivity index (χ3v) is 3.52. The second-order valence-electron chi connectivity index (χ2n) is 4.50. The molecule has 0 saturated heterocycles. The number of allylic oxidation sites excluding steroid dienone is 2. The van der Waals surface area contributed by atoms with E-state index >= 15 is 0 Å². The number of nitriles is 1. The van der Waals surface area contributed by atoms with Crippen LogP contribution in [0.3, 0.4) is 0 Å². The first kappa shape index (κ1) is 15.9. The fourth-order valence-corrected chi connectivity index (χ4v) is 2.51. The zero-order chi connectivity index (χ0) is 16.3. The number of halogens is 1. The number of hydrogen-bond acceptors (Lipinski definition) is 6. The van der Waals surface area contributed by atoms with Crippen LogP contribution >= 0.6 is 11.6 Å². The average molecular weight is 320 g/mol. The number of rotatable bonds is 3. The number of esters is 1. The van der Waals surface area contributed by atoms with Crippen molar-refractivity contribution in [2.45, 2.75) is 19.8 Å². The molecular formula is C15H14ClN3O3. The predicted octanol–water partition coefficient (Wildman–Crippen LogP) is 2.38. The predicted molar refractivity (Wildman–Crippen MR) is 79.2 cm³/mol. The highest BCUT2D eigenvalue weighted by Gasteiger charge is 2.37. The van der Waals surface area contributed by atoms with Gasteiger partial charge in [-0.15, -0.1) is 0 Å². The number of nitrogens with two attached hydrogens (primary N) is 1. The van der Waals surface area contributed by atoms with E-state index in [0.717, 1.165) is 0 Å². The van der Waals surface area contributed by atoms with Crippen LogP contribution in [0.2, 0.25) is 5.15 Å². The SMILES string of the molecule is CCOC(=O)C1=C(C)OC(N)=C(C#N)C1c1cccnc1Cl. The first-order valence-corrected chi connectivity index (χ1v) is 6.94. The van der Waals surface area contributed by atoms with Gasteiger partial charge >= 0.3 is 5.97 Å². The number of carbonyl (C=O) groups is 1. The van der Waals surface area contributed by atoms with Gasteiger partial charge in [-0.3, -0.25) is 0 Å². The van der Waals surface area contributed by atoms with Crippen LogP contribution in [0.1, 0.15) is 25.3 Å². The molecule has 7 heteroatoms. The summed E-state index contributed by atoms with van der Waals surface area (Å²) in [7, 11) is 0. The monoisotopic (exact) mass is 319 g/mol. The van der Waals surface area contributed by atoms with Crippen molar-refractivity contribution in [3.63, 3.8) is 0 Å². The molecule has 2 heterocycles. The van der Waals surface area contributed by atoms with Crippen LogP contribution in [0.15, 0.2) is 41.1 Å². The lowest BCUT2D eigenvalue weighted by Gasteiger charge is -2.26. The van der Waals surface area contributed by atoms with Crippen LogP contribution in [0.25, 0.3) is 0 Å². The Labute approximate surface area is 132 Å². The minimum absolute atomic E-state index is 0.0574. The van der Waals surface area contributed by atoms with Crippen molar-refractivity contribution in [3.8, 4) is 6.07 Å². The average Bonchev–Trinajstić information content (AvgIpc) is 2.47. The van der Waals surface area contributed by atoms with Gasteiger partial charge in [0.1, 0.15) is 22.6 Å². The normalized spacial score (nSPS) is 17.8. The van der Waals surface area contributed by atoms with Crippen molar-refractivity contribution in [3.05, 3.63) is 51.8 Å². The Bertz CT molecular complexity index is 719. The molecule has 1 aliphatic rings. The van der Waals surface area contributed by atoms with E-state index in [1.165, 1.54) is 6.20 Å². The van der Waals surface area contributed by atoms with E-state index in [4.69, 9.17) is 26.8 Å². The van der Waals surface area contributed by atoms with Crippen LogP contribution in [0, 0.1) is 11.3 Å². The van der Waals surface area contributed by atoms with E-state index in [1.54, 1.807) is 26.0 Å². The summed E-state index contributed by atoms with van der Waals surface area (Å²) >= 11 is 6.12. The van der Waals surface area contributed by atoms with Gasteiger partial charge < -0.3 is 15.2 Å². The molecule has 22 heavy (non-hydrogen) atoms. The maximum atomic E-state index is 12.3. The molecule has 0 spiro atoms. The van der Waals surface area contributed by atoms with Gasteiger partial charge in [0.15, 0.2) is 0 Å². The molecule has 2 N–H and O–H groups in total. The van der Waals surface area contributed by atoms with Gasteiger partial charge in [0.25, 0.3) is 0 Å². The van der Waals surface area contributed by atoms with Crippen molar-refractivity contribution >= 4 is 17.6 Å². The van der Waals surface area contributed by atoms with E-state index in [2.05, 4.69) is 4.98 Å². The Morgan fingerprint density at radius 1 is 1.64 bits per heavy atom. The maximum Gasteiger partial charge on any atom is 0.338 e. The summed E-state index contributed by atoms with van der Waals surface area (Å²) in [5.41, 5.74) is 6.57. The summed E-state index contributed by atoms with van der Waals surface area (Å²) in [6.07, 6.45) is 1.52. The molecule has 114 valence electrons. The third-order valence-electron chi connectivity index (χ3n) is 3.20. The maximum absolute atomic E-state index is 12.3. The highest BCUT2D eigenvalue weighted by atomic mass is 35.5. The van der Waals surface area contributed by atoms with Gasteiger partial charge in [-0.1, -0.05) is 17.7 Å². The van der Waals surface area contributed by atoms with Crippen molar-refractivity contribution in [1.82, 2.24) is 4.98 Å². The highest BCUT2D eigenvalue weighted by Crippen LogP contribution is 2.41. The summed E-state index contributed by atoms with van der Waals surface area (Å²) in [5.74, 6) is -1.12. The summed E-state index contributed by atoms with van der Waals surface area (Å²) in [6, 6.07) is 5.33. The molecule has 1 unspecified atom stereocenters. The third kappa shape index (κ3) is 2.76. The minimum atomic E-state index is -0.765. The molecule has 0 saturated carbocycles. The number of nitrogens with zero attached hydrogens (tertiary/aromatic N) is 2. The van der Waals surface area contributed by atoms with E-state index in [1.807, 2.05) is 6.07 Å². The van der Waals surface area contributed by atoms with Crippen molar-refractivity contribution in [2.24, 2.45) is 5.73 Å². The van der Waals surface area contributed by atoms with Crippen LogP contribution in [0.5, 0.6) is 0 Å². The fourth-order valence-electron chi connectivity index (χ4n) is 2.28. The fraction of sp³-hybridized carbons (Fsp3) is 0.267. The minimum Gasteiger partial charge on any atom is -0.463 e. The molecule has 0 radical (unpaired) electrons. The molecule has 2 rings (SSSR count). The summed E-state index contributed by atoms with van der Waals surface area (Å²) in [4.78, 5) is 16.3. The van der Waals surface area contributed by atoms with E-state index in [9.17, 15) is 10.1 Å². The Balaban J connectivity index is 2.65. The number of aromatic nitrogens is 1. The molecule has 0 fully saturated rings. The Kier molecular flexibility index (Phi) is 4.68. The molecule has 0 aromatic carbocycles. The van der Waals surface area contributed by atoms with Gasteiger partial charge in [-0.25, -0.2) is 9.78 Å². The highest BCUT2D eigenvalue weighted by molar-refractivity contribution is 6.30. The summed E-state index contributed by atoms with van der Waals surface area (Å²) in [5, 5.41) is 9.58. The zero-order valence-electron chi connectivity index (χ0n) is 12.1. The first-order chi connectivity index (χ1) is 10.5. The Hall–Kier alpha value is -2.52. The second kappa shape index (κ2) is 6.50. The molecule has 0 amide bonds. The van der Waals surface area contributed by atoms with Crippen molar-refractivity contribution in [1.29, 1.82) is 5.26 Å². The lowest BCUT2D eigenvalue weighted by Crippen LogP contribution is -2.25. The first-order valence-electron chi connectivity index (χ1n) is 6.57. The smallest absolute Gasteiger partial charge is 0.338 e.